The number of aromatic nitrogens is 2. The minimum absolute atomic E-state index is 0.594. The summed E-state index contributed by atoms with van der Waals surface area (Å²) in [5, 5.41) is 20.2. The van der Waals surface area contributed by atoms with E-state index in [1.54, 1.807) is 0 Å². The van der Waals surface area contributed by atoms with Gasteiger partial charge in [0.2, 0.25) is 0 Å². The average Bonchev–Trinajstić information content (AvgIpc) is 2.87. The molecule has 31 heavy (non-hydrogen) atoms. The van der Waals surface area contributed by atoms with Crippen molar-refractivity contribution >= 4 is 29.4 Å². The quantitative estimate of drug-likeness (QED) is 0.194. The van der Waals surface area contributed by atoms with Crippen molar-refractivity contribution in [2.75, 3.05) is 7.11 Å². The maximum Gasteiger partial charge on any atom is 0.490 e. The summed E-state index contributed by atoms with van der Waals surface area (Å²) in [4.78, 5) is 53.4. The van der Waals surface area contributed by atoms with Gasteiger partial charge in [-0.1, -0.05) is 0 Å². The monoisotopic (exact) mass is 511 g/mol. The first-order chi connectivity index (χ1) is 14.1. The highest BCUT2D eigenvalue weighted by atomic mass is 31.3. The van der Waals surface area contributed by atoms with Crippen molar-refractivity contribution < 1.29 is 65.8 Å². The number of phosphoric acid groups is 3. The Hall–Kier alpha value is -1.36. The number of carbonyl (C=O) groups excluding carboxylic acids is 1. The number of nitrogens with two attached hydrogens (primary N) is 1. The fourth-order valence-electron chi connectivity index (χ4n) is 2.24. The molecule has 2 unspecified atom stereocenters. The van der Waals surface area contributed by atoms with Crippen LogP contribution in [0.15, 0.2) is 17.2 Å². The summed E-state index contributed by atoms with van der Waals surface area (Å²) in [5.41, 5.74) is 3.13. The maximum atomic E-state index is 12.4. The average molecular weight is 511 g/mol. The lowest BCUT2D eigenvalue weighted by atomic mass is 10.2. The van der Waals surface area contributed by atoms with E-state index in [2.05, 4.69) is 22.7 Å². The molecular formula is C10H16N3O15P3. The summed E-state index contributed by atoms with van der Waals surface area (Å²) < 4.78 is 56.7. The van der Waals surface area contributed by atoms with Gasteiger partial charge in [-0.2, -0.15) is 8.62 Å². The van der Waals surface area contributed by atoms with Crippen LogP contribution >= 0.6 is 23.5 Å². The SMILES string of the molecule is COP(=O)(O[C@H]1O[C@@H](n2ccnc(C(N)=O)c2=O)[C@H](O)[C@@H]1O)OP(=O)(O)OP(=O)(O)O. The molecule has 6 atom stereocenters. The Kier molecular flexibility index (Phi) is 7.73. The normalized spacial score (nSPS) is 28.1. The van der Waals surface area contributed by atoms with Crippen molar-refractivity contribution in [1.29, 1.82) is 0 Å². The van der Waals surface area contributed by atoms with E-state index in [1.165, 1.54) is 0 Å². The number of ether oxygens (including phenoxy) is 1. The third kappa shape index (κ3) is 6.34. The Balaban J connectivity index is 2.27. The van der Waals surface area contributed by atoms with Crippen LogP contribution in [0.25, 0.3) is 0 Å². The van der Waals surface area contributed by atoms with Crippen LogP contribution < -0.4 is 11.3 Å². The summed E-state index contributed by atoms with van der Waals surface area (Å²) in [7, 11) is -15.9. The lowest BCUT2D eigenvalue weighted by Crippen LogP contribution is -2.37. The highest BCUT2D eigenvalue weighted by Gasteiger charge is 2.51. The number of carbonyl (C=O) groups is 1. The van der Waals surface area contributed by atoms with Crippen molar-refractivity contribution in [2.45, 2.75) is 24.7 Å². The number of primary amides is 1. The van der Waals surface area contributed by atoms with E-state index in [1.807, 2.05) is 0 Å². The summed E-state index contributed by atoms with van der Waals surface area (Å²) in [5.74, 6) is -1.21. The predicted molar refractivity (Wildman–Crippen MR) is 92.7 cm³/mol. The predicted octanol–water partition coefficient (Wildman–Crippen LogP) is -2.08. The number of aliphatic hydroxyl groups excluding tert-OH is 2. The second-order valence-corrected chi connectivity index (χ2v) is 10.3. The summed E-state index contributed by atoms with van der Waals surface area (Å²) in [6, 6.07) is 0. The second kappa shape index (κ2) is 9.25. The van der Waals surface area contributed by atoms with Crippen molar-refractivity contribution in [2.24, 2.45) is 5.73 Å². The molecule has 0 aliphatic carbocycles. The van der Waals surface area contributed by atoms with Gasteiger partial charge in [0.05, 0.1) is 0 Å². The minimum atomic E-state index is -5.73. The number of hydrogen-bond donors (Lipinski definition) is 6. The van der Waals surface area contributed by atoms with Gasteiger partial charge in [0.15, 0.2) is 18.2 Å². The molecule has 176 valence electrons. The first-order valence-corrected chi connectivity index (χ1v) is 12.1. The topological polar surface area (TPSA) is 276 Å². The van der Waals surface area contributed by atoms with Crippen molar-refractivity contribution in [3.05, 3.63) is 28.4 Å². The van der Waals surface area contributed by atoms with Gasteiger partial charge < -0.3 is 35.4 Å². The van der Waals surface area contributed by atoms with Crippen molar-refractivity contribution in [3.8, 4) is 0 Å². The molecule has 1 aliphatic rings. The second-order valence-electron chi connectivity index (χ2n) is 5.59. The molecule has 0 spiro atoms. The van der Waals surface area contributed by atoms with Crippen LogP contribution in [-0.4, -0.2) is 66.0 Å². The molecule has 1 amide bonds. The van der Waals surface area contributed by atoms with E-state index in [4.69, 9.17) is 20.3 Å². The van der Waals surface area contributed by atoms with E-state index in [0.29, 0.717) is 11.7 Å². The van der Waals surface area contributed by atoms with Gasteiger partial charge >= 0.3 is 23.5 Å². The Labute approximate surface area is 171 Å². The zero-order valence-corrected chi connectivity index (χ0v) is 17.8. The zero-order chi connectivity index (χ0) is 23.8. The smallest absolute Gasteiger partial charge is 0.385 e. The number of phosphoric ester groups is 1. The van der Waals surface area contributed by atoms with Gasteiger partial charge in [-0.05, 0) is 0 Å². The van der Waals surface area contributed by atoms with Crippen molar-refractivity contribution in [3.63, 3.8) is 0 Å². The van der Waals surface area contributed by atoms with Gasteiger partial charge in [-0.15, -0.1) is 0 Å². The molecule has 1 aromatic rings. The number of amides is 1. The molecule has 0 aromatic carbocycles. The lowest BCUT2D eigenvalue weighted by Gasteiger charge is -2.22. The van der Waals surface area contributed by atoms with E-state index < -0.39 is 65.4 Å². The van der Waals surface area contributed by atoms with E-state index in [-0.39, 0.29) is 0 Å². The Morgan fingerprint density at radius 1 is 1.19 bits per heavy atom. The summed E-state index contributed by atoms with van der Waals surface area (Å²) in [6.07, 6.45) is -6.04. The number of nitrogens with zero attached hydrogens (tertiary/aromatic N) is 2. The molecule has 7 N–H and O–H groups in total. The van der Waals surface area contributed by atoms with Gasteiger partial charge in [0.25, 0.3) is 11.5 Å². The first-order valence-electron chi connectivity index (χ1n) is 7.63. The van der Waals surface area contributed by atoms with Gasteiger partial charge in [0, 0.05) is 19.5 Å². The Bertz CT molecular complexity index is 1040. The maximum absolute atomic E-state index is 12.4. The number of hydrogen-bond acceptors (Lipinski definition) is 13. The van der Waals surface area contributed by atoms with Crippen molar-refractivity contribution in [1.82, 2.24) is 9.55 Å². The molecule has 0 bridgehead atoms. The van der Waals surface area contributed by atoms with E-state index in [0.717, 1.165) is 12.4 Å². The molecular weight excluding hydrogens is 495 g/mol. The fourth-order valence-corrected chi connectivity index (χ4v) is 5.65. The Morgan fingerprint density at radius 2 is 1.81 bits per heavy atom. The van der Waals surface area contributed by atoms with Crippen LogP contribution in [0.3, 0.4) is 0 Å². The van der Waals surface area contributed by atoms with E-state index >= 15 is 0 Å². The molecule has 2 heterocycles. The first kappa shape index (κ1) is 25.9. The molecule has 1 aliphatic heterocycles. The minimum Gasteiger partial charge on any atom is -0.385 e. The van der Waals surface area contributed by atoms with Crippen LogP contribution in [-0.2, 0) is 36.1 Å². The Morgan fingerprint density at radius 3 is 2.32 bits per heavy atom. The summed E-state index contributed by atoms with van der Waals surface area (Å²) in [6.45, 7) is 0. The highest BCUT2D eigenvalue weighted by molar-refractivity contribution is 7.66. The molecule has 0 radical (unpaired) electrons. The largest absolute Gasteiger partial charge is 0.490 e. The fraction of sp³-hybridized carbons (Fsp3) is 0.500. The molecule has 0 saturated carbocycles. The van der Waals surface area contributed by atoms with Crippen LogP contribution in [0, 0.1) is 0 Å². The number of rotatable bonds is 9. The van der Waals surface area contributed by atoms with Gasteiger partial charge in [-0.25, -0.2) is 18.7 Å². The van der Waals surface area contributed by atoms with Gasteiger partial charge in [0.1, 0.15) is 12.2 Å². The summed E-state index contributed by atoms with van der Waals surface area (Å²) >= 11 is 0. The van der Waals surface area contributed by atoms with Crippen LogP contribution in [0.5, 0.6) is 0 Å². The van der Waals surface area contributed by atoms with Crippen LogP contribution in [0.4, 0.5) is 0 Å². The van der Waals surface area contributed by atoms with Crippen LogP contribution in [0.2, 0.25) is 0 Å². The number of aliphatic hydroxyl groups is 2. The zero-order valence-electron chi connectivity index (χ0n) is 15.1. The lowest BCUT2D eigenvalue weighted by molar-refractivity contribution is -0.136. The molecule has 21 heteroatoms. The van der Waals surface area contributed by atoms with Crippen LogP contribution in [0.1, 0.15) is 16.7 Å². The molecule has 18 nitrogen and oxygen atoms in total. The van der Waals surface area contributed by atoms with Gasteiger partial charge in [-0.3, -0.25) is 23.2 Å². The molecule has 1 aromatic heterocycles. The third-order valence-electron chi connectivity index (χ3n) is 3.44. The molecule has 2 rings (SSSR count). The standard InChI is InChI=1S/C10H16N3O15P3/c1-24-31(23,28-30(21,22)27-29(18,19)20)26-10-6(15)5(14)9(25-10)13-3-2-12-4(7(11)16)8(13)17/h2-3,5-6,9-10,14-15H,1H3,(H2,11,16)(H,21,22)(H2,18,19,20)/t5-,6+,9-,10-,31?/m1/s1. The third-order valence-corrected chi connectivity index (χ3v) is 7.65. The van der Waals surface area contributed by atoms with E-state index in [9.17, 15) is 38.4 Å². The highest BCUT2D eigenvalue weighted by Crippen LogP contribution is 2.68. The molecule has 1 saturated heterocycles. The molecule has 1 fully saturated rings.